The normalized spacial score (nSPS) is 20.2. The Bertz CT molecular complexity index is 2590. The van der Waals surface area contributed by atoms with E-state index in [4.69, 9.17) is 23.9 Å². The quantitative estimate of drug-likeness (QED) is 0.0255. The highest BCUT2D eigenvalue weighted by molar-refractivity contribution is 7.61. The number of nitrogen functional groups attached to an aromatic ring is 1. The summed E-state index contributed by atoms with van der Waals surface area (Å²) < 4.78 is 67.6. The molecular formula is C34H48N9O19P3. The van der Waals surface area contributed by atoms with Crippen LogP contribution in [0, 0.1) is 5.41 Å². The van der Waals surface area contributed by atoms with E-state index in [1.54, 1.807) is 12.1 Å². The molecule has 3 unspecified atom stereocenters. The first-order chi connectivity index (χ1) is 30.3. The number of fused-ring (bicyclic) bond motifs is 2. The van der Waals surface area contributed by atoms with Crippen molar-refractivity contribution in [3.63, 3.8) is 0 Å². The first-order valence-electron chi connectivity index (χ1n) is 19.2. The van der Waals surface area contributed by atoms with Gasteiger partial charge >= 0.3 is 29.1 Å². The fraction of sp³-hybridized carbons (Fsp3) is 0.500. The molecule has 65 heavy (non-hydrogen) atoms. The molecule has 1 fully saturated rings. The summed E-state index contributed by atoms with van der Waals surface area (Å²) in [5.41, 5.74) is 5.18. The number of nitrogens with two attached hydrogens (primary N) is 1. The SMILES string of the molecule is CN(C)c1ccc2c(CC(=O)NCCNC(=O)CCNC(=O)C(O)C(C)(C)COP(=O)(O)OP(=O)(O)OC[C@H]3O[C@@H](n4cnc5c(N)ncnc54)[C@H](O)[C@@H]3OP(=O)(O)O)cc(=O)oc2c1. The van der Waals surface area contributed by atoms with Gasteiger partial charge in [-0.2, -0.15) is 4.31 Å². The predicted molar refractivity (Wildman–Crippen MR) is 223 cm³/mol. The number of hydrogen-bond acceptors (Lipinski definition) is 20. The van der Waals surface area contributed by atoms with Crippen molar-refractivity contribution in [2.24, 2.45) is 5.41 Å². The zero-order valence-electron chi connectivity index (χ0n) is 34.9. The van der Waals surface area contributed by atoms with E-state index in [0.717, 1.165) is 22.9 Å². The summed E-state index contributed by atoms with van der Waals surface area (Å²) in [6, 6.07) is 6.48. The maximum atomic E-state index is 12.7. The van der Waals surface area contributed by atoms with E-state index in [1.165, 1.54) is 19.9 Å². The second kappa shape index (κ2) is 20.8. The topological polar surface area (TPSA) is 409 Å². The Kier molecular flexibility index (Phi) is 16.4. The molecule has 358 valence electrons. The van der Waals surface area contributed by atoms with Crippen LogP contribution in [-0.4, -0.2) is 138 Å². The van der Waals surface area contributed by atoms with Gasteiger partial charge in [-0.15, -0.1) is 0 Å². The van der Waals surface area contributed by atoms with Gasteiger partial charge in [0.15, 0.2) is 17.7 Å². The molecule has 0 bridgehead atoms. The molecule has 1 aliphatic heterocycles. The van der Waals surface area contributed by atoms with Crippen molar-refractivity contribution >= 4 is 74.8 Å². The van der Waals surface area contributed by atoms with Crippen LogP contribution < -0.4 is 32.2 Å². The molecule has 3 aromatic heterocycles. The van der Waals surface area contributed by atoms with Crippen LogP contribution in [0.5, 0.6) is 0 Å². The number of ether oxygens (including phenoxy) is 1. The number of aliphatic hydroxyl groups is 2. The first-order valence-corrected chi connectivity index (χ1v) is 23.7. The number of anilines is 2. The van der Waals surface area contributed by atoms with Gasteiger partial charge in [0.2, 0.25) is 17.7 Å². The van der Waals surface area contributed by atoms with Gasteiger partial charge < -0.3 is 65.5 Å². The number of phosphoric ester groups is 3. The number of carbonyl (C=O) groups excluding carboxylic acids is 3. The van der Waals surface area contributed by atoms with Crippen molar-refractivity contribution < 1.29 is 84.9 Å². The van der Waals surface area contributed by atoms with Crippen molar-refractivity contribution in [3.05, 3.63) is 52.9 Å². The molecule has 0 saturated carbocycles. The number of phosphoric acid groups is 3. The number of imidazole rings is 1. The maximum absolute atomic E-state index is 12.7. The van der Waals surface area contributed by atoms with E-state index in [2.05, 4.69) is 39.7 Å². The lowest BCUT2D eigenvalue weighted by Crippen LogP contribution is -2.46. The predicted octanol–water partition coefficient (Wildman–Crippen LogP) is -1.06. The average Bonchev–Trinajstić information content (AvgIpc) is 3.77. The van der Waals surface area contributed by atoms with Crippen LogP contribution in [0.1, 0.15) is 32.1 Å². The van der Waals surface area contributed by atoms with Crippen molar-refractivity contribution in [2.45, 2.75) is 57.3 Å². The summed E-state index contributed by atoms with van der Waals surface area (Å²) in [6.45, 7) is 0.183. The molecule has 1 aliphatic rings. The molecular weight excluding hydrogens is 931 g/mol. The van der Waals surface area contributed by atoms with Crippen LogP contribution in [0.4, 0.5) is 11.5 Å². The molecule has 11 N–H and O–H groups in total. The zero-order valence-corrected chi connectivity index (χ0v) is 37.6. The lowest BCUT2D eigenvalue weighted by Gasteiger charge is -2.30. The van der Waals surface area contributed by atoms with Crippen LogP contribution in [0.2, 0.25) is 0 Å². The van der Waals surface area contributed by atoms with Crippen molar-refractivity contribution in [1.82, 2.24) is 35.5 Å². The summed E-state index contributed by atoms with van der Waals surface area (Å²) in [7, 11) is -12.8. The number of carbonyl (C=O) groups is 3. The highest BCUT2D eigenvalue weighted by Crippen LogP contribution is 2.61. The summed E-state index contributed by atoms with van der Waals surface area (Å²) in [6.07, 6.45) is -7.26. The van der Waals surface area contributed by atoms with Crippen LogP contribution in [-0.2, 0) is 57.1 Å². The van der Waals surface area contributed by atoms with E-state index >= 15 is 0 Å². The number of nitrogens with one attached hydrogen (secondary N) is 3. The van der Waals surface area contributed by atoms with E-state index in [1.807, 2.05) is 25.1 Å². The molecule has 0 radical (unpaired) electrons. The average molecular weight is 980 g/mol. The van der Waals surface area contributed by atoms with Crippen LogP contribution >= 0.6 is 23.5 Å². The standard InChI is InChI=1S/C34H48N9O19P3/c1-34(2,29(48)32(49)38-8-7-23(44)36-9-10-37-24(45)11-18-12-25(46)59-21-13-19(42(3)4)5-6-20(18)21)15-58-65(55,56)62-64(53,54)57-14-22-28(61-63(50,51)52)27(47)33(60-22)43-17-41-26-30(35)39-16-40-31(26)43/h5-6,12-13,16-17,22,27-29,33,47-48H,7-11,14-15H2,1-4H3,(H,36,44)(H,37,45)(H,38,49)(H,53,54)(H,55,56)(H2,35,39,40)(H2,50,51,52)/t22-,27-,28-,29?,33-/m1/s1. The van der Waals surface area contributed by atoms with Gasteiger partial charge in [-0.25, -0.2) is 33.4 Å². The minimum atomic E-state index is -5.60. The summed E-state index contributed by atoms with van der Waals surface area (Å²) >= 11 is 0. The molecule has 5 rings (SSSR count). The van der Waals surface area contributed by atoms with Crippen LogP contribution in [0.3, 0.4) is 0 Å². The molecule has 4 heterocycles. The van der Waals surface area contributed by atoms with Gasteiger partial charge in [-0.05, 0) is 17.7 Å². The lowest BCUT2D eigenvalue weighted by atomic mass is 9.87. The molecule has 1 aromatic carbocycles. The van der Waals surface area contributed by atoms with Gasteiger partial charge in [0, 0.05) is 68.8 Å². The number of nitrogens with zero attached hydrogens (tertiary/aromatic N) is 5. The van der Waals surface area contributed by atoms with Crippen LogP contribution in [0.25, 0.3) is 22.1 Å². The second-order valence-corrected chi connectivity index (χ2v) is 19.5. The minimum absolute atomic E-state index is 0.0182. The smallest absolute Gasteiger partial charge is 0.423 e. The lowest BCUT2D eigenvalue weighted by molar-refractivity contribution is -0.137. The number of aromatic nitrogens is 4. The van der Waals surface area contributed by atoms with Crippen molar-refractivity contribution in [3.8, 4) is 0 Å². The Balaban J connectivity index is 1.03. The number of rotatable bonds is 22. The highest BCUT2D eigenvalue weighted by atomic mass is 31.3. The Morgan fingerprint density at radius 3 is 2.32 bits per heavy atom. The highest BCUT2D eigenvalue weighted by Gasteiger charge is 2.50. The largest absolute Gasteiger partial charge is 0.481 e. The van der Waals surface area contributed by atoms with E-state index in [-0.39, 0.29) is 49.5 Å². The molecule has 28 nitrogen and oxygen atoms in total. The van der Waals surface area contributed by atoms with Gasteiger partial charge in [0.1, 0.15) is 41.8 Å². The third-order valence-corrected chi connectivity index (χ3v) is 12.6. The fourth-order valence-corrected chi connectivity index (χ4v) is 9.05. The molecule has 0 aliphatic carbocycles. The number of benzene rings is 1. The third-order valence-electron chi connectivity index (χ3n) is 9.53. The number of aliphatic hydroxyl groups excluding tert-OH is 2. The monoisotopic (exact) mass is 979 g/mol. The van der Waals surface area contributed by atoms with Crippen LogP contribution in [0.15, 0.2) is 46.1 Å². The van der Waals surface area contributed by atoms with Gasteiger partial charge in [0.05, 0.1) is 26.0 Å². The summed E-state index contributed by atoms with van der Waals surface area (Å²) in [5, 5.41) is 29.7. The maximum Gasteiger partial charge on any atom is 0.481 e. The van der Waals surface area contributed by atoms with Crippen molar-refractivity contribution in [2.75, 3.05) is 57.6 Å². The fourth-order valence-electron chi connectivity index (χ4n) is 6.22. The molecule has 3 amide bonds. The zero-order chi connectivity index (χ0) is 48.1. The minimum Gasteiger partial charge on any atom is -0.423 e. The molecule has 1 saturated heterocycles. The summed E-state index contributed by atoms with van der Waals surface area (Å²) in [5.74, 6) is -2.02. The Labute approximate surface area is 367 Å². The van der Waals surface area contributed by atoms with Gasteiger partial charge in [-0.3, -0.25) is 32.5 Å². The Hall–Kier alpha value is -4.76. The van der Waals surface area contributed by atoms with Gasteiger partial charge in [0.25, 0.3) is 0 Å². The first kappa shape index (κ1) is 51.2. The third kappa shape index (κ3) is 13.9. The van der Waals surface area contributed by atoms with E-state index in [9.17, 15) is 62.7 Å². The number of hydrogen-bond donors (Lipinski definition) is 10. The number of amides is 3. The Morgan fingerprint density at radius 2 is 1.65 bits per heavy atom. The molecule has 4 aromatic rings. The molecule has 31 heteroatoms. The summed E-state index contributed by atoms with van der Waals surface area (Å²) in [4.78, 5) is 103. The second-order valence-electron chi connectivity index (χ2n) is 15.3. The molecule has 7 atom stereocenters. The van der Waals surface area contributed by atoms with E-state index < -0.39 is 96.1 Å². The molecule has 0 spiro atoms. The van der Waals surface area contributed by atoms with Crippen molar-refractivity contribution in [1.29, 1.82) is 0 Å². The van der Waals surface area contributed by atoms with E-state index in [0.29, 0.717) is 16.5 Å². The Morgan fingerprint density at radius 1 is 0.969 bits per heavy atom. The van der Waals surface area contributed by atoms with Gasteiger partial charge in [-0.1, -0.05) is 13.8 Å².